The topological polar surface area (TPSA) is 49.9 Å². The summed E-state index contributed by atoms with van der Waals surface area (Å²) in [7, 11) is 0. The first-order chi connectivity index (χ1) is 16.9. The number of nitrogens with zero attached hydrogens (tertiary/aromatic N) is 2. The third kappa shape index (κ3) is 6.28. The van der Waals surface area contributed by atoms with Crippen LogP contribution in [-0.2, 0) is 11.2 Å². The lowest BCUT2D eigenvalue weighted by Gasteiger charge is -2.37. The van der Waals surface area contributed by atoms with E-state index in [4.69, 9.17) is 4.74 Å². The van der Waals surface area contributed by atoms with E-state index in [-0.39, 0.29) is 36.8 Å². The molecule has 2 aromatic carbocycles. The molecule has 5 nitrogen and oxygen atoms in total. The molecule has 0 aliphatic carbocycles. The minimum absolute atomic E-state index is 0.0208. The van der Waals surface area contributed by atoms with Crippen LogP contribution in [0.15, 0.2) is 66.0 Å². The molecule has 1 aromatic heterocycles. The Balaban J connectivity index is 1.52. The minimum Gasteiger partial charge on any atom is -0.491 e. The summed E-state index contributed by atoms with van der Waals surface area (Å²) < 4.78 is 19.3. The van der Waals surface area contributed by atoms with Crippen LogP contribution in [0.5, 0.6) is 5.75 Å². The summed E-state index contributed by atoms with van der Waals surface area (Å²) in [5.74, 6) is 0.418. The Bertz CT molecular complexity index is 1130. The fourth-order valence-electron chi connectivity index (χ4n) is 4.26. The third-order valence-corrected chi connectivity index (χ3v) is 7.24. The van der Waals surface area contributed by atoms with Gasteiger partial charge in [0.05, 0.1) is 6.04 Å². The van der Waals surface area contributed by atoms with Crippen LogP contribution in [0.3, 0.4) is 0 Å². The molecule has 35 heavy (non-hydrogen) atoms. The maximum absolute atomic E-state index is 13.6. The van der Waals surface area contributed by atoms with E-state index in [2.05, 4.69) is 13.8 Å². The number of amides is 2. The average Bonchev–Trinajstić information content (AvgIpc) is 3.35. The van der Waals surface area contributed by atoms with Crippen LogP contribution in [0, 0.1) is 11.7 Å². The van der Waals surface area contributed by atoms with Gasteiger partial charge in [-0.3, -0.25) is 9.59 Å². The molecule has 0 saturated heterocycles. The SMILES string of the molecule is CC(C)CCN(CC(=O)N1CCc2sccc2[C@H]1COc1ccc(F)cc1)C(=O)c1ccccc1. The molecule has 1 aliphatic rings. The highest BCUT2D eigenvalue weighted by Gasteiger charge is 2.33. The average molecular weight is 495 g/mol. The van der Waals surface area contributed by atoms with Crippen molar-refractivity contribution in [1.82, 2.24) is 9.80 Å². The van der Waals surface area contributed by atoms with E-state index in [1.54, 1.807) is 40.5 Å². The maximum atomic E-state index is 13.6. The number of carbonyl (C=O) groups is 2. The molecule has 3 aromatic rings. The summed E-state index contributed by atoms with van der Waals surface area (Å²) in [6.07, 6.45) is 1.60. The molecule has 184 valence electrons. The van der Waals surface area contributed by atoms with E-state index >= 15 is 0 Å². The monoisotopic (exact) mass is 494 g/mol. The number of benzene rings is 2. The van der Waals surface area contributed by atoms with Gasteiger partial charge in [0.1, 0.15) is 24.7 Å². The van der Waals surface area contributed by atoms with Gasteiger partial charge in [-0.15, -0.1) is 11.3 Å². The van der Waals surface area contributed by atoms with Crippen molar-refractivity contribution in [3.63, 3.8) is 0 Å². The van der Waals surface area contributed by atoms with Gasteiger partial charge >= 0.3 is 0 Å². The zero-order valence-electron chi connectivity index (χ0n) is 20.2. The summed E-state index contributed by atoms with van der Waals surface area (Å²) in [5, 5.41) is 2.04. The van der Waals surface area contributed by atoms with Crippen molar-refractivity contribution in [2.45, 2.75) is 32.7 Å². The number of hydrogen-bond donors (Lipinski definition) is 0. The third-order valence-electron chi connectivity index (χ3n) is 6.25. The van der Waals surface area contributed by atoms with Crippen LogP contribution < -0.4 is 4.74 Å². The number of carbonyl (C=O) groups excluding carboxylic acids is 2. The highest BCUT2D eigenvalue weighted by molar-refractivity contribution is 7.10. The van der Waals surface area contributed by atoms with Gasteiger partial charge in [0.25, 0.3) is 5.91 Å². The lowest BCUT2D eigenvalue weighted by Crippen LogP contribution is -2.48. The second-order valence-corrected chi connectivity index (χ2v) is 10.2. The first-order valence-electron chi connectivity index (χ1n) is 12.0. The highest BCUT2D eigenvalue weighted by Crippen LogP contribution is 2.34. The molecule has 4 rings (SSSR count). The lowest BCUT2D eigenvalue weighted by molar-refractivity contribution is -0.135. The fraction of sp³-hybridized carbons (Fsp3) is 0.357. The molecule has 1 aliphatic heterocycles. The van der Waals surface area contributed by atoms with Crippen LogP contribution in [0.2, 0.25) is 0 Å². The predicted molar refractivity (Wildman–Crippen MR) is 136 cm³/mol. The van der Waals surface area contributed by atoms with E-state index in [9.17, 15) is 14.0 Å². The molecule has 7 heteroatoms. The van der Waals surface area contributed by atoms with Crippen LogP contribution >= 0.6 is 11.3 Å². The number of halogens is 1. The number of ether oxygens (including phenoxy) is 1. The Morgan fingerprint density at radius 3 is 2.57 bits per heavy atom. The Labute approximate surface area is 210 Å². The van der Waals surface area contributed by atoms with Crippen molar-refractivity contribution < 1.29 is 18.7 Å². The normalized spacial score (nSPS) is 15.1. The van der Waals surface area contributed by atoms with Gasteiger partial charge in [-0.1, -0.05) is 32.0 Å². The van der Waals surface area contributed by atoms with Crippen molar-refractivity contribution in [3.05, 3.63) is 87.9 Å². The second-order valence-electron chi connectivity index (χ2n) is 9.19. The molecule has 1 atom stereocenters. The molecule has 2 heterocycles. The van der Waals surface area contributed by atoms with Crippen molar-refractivity contribution >= 4 is 23.2 Å². The van der Waals surface area contributed by atoms with E-state index < -0.39 is 0 Å². The Morgan fingerprint density at radius 1 is 1.11 bits per heavy atom. The number of thiophene rings is 1. The molecule has 0 radical (unpaired) electrons. The van der Waals surface area contributed by atoms with Gasteiger partial charge in [-0.2, -0.15) is 0 Å². The zero-order valence-corrected chi connectivity index (χ0v) is 21.0. The Kier molecular flexibility index (Phi) is 8.18. The molecule has 0 spiro atoms. The van der Waals surface area contributed by atoms with E-state index in [1.807, 2.05) is 34.5 Å². The molecule has 2 amide bonds. The van der Waals surface area contributed by atoms with Crippen LogP contribution in [0.4, 0.5) is 4.39 Å². The van der Waals surface area contributed by atoms with Crippen LogP contribution in [-0.4, -0.2) is 47.9 Å². The van der Waals surface area contributed by atoms with Crippen molar-refractivity contribution in [1.29, 1.82) is 0 Å². The van der Waals surface area contributed by atoms with Gasteiger partial charge < -0.3 is 14.5 Å². The summed E-state index contributed by atoms with van der Waals surface area (Å²) in [6, 6.07) is 16.8. The number of fused-ring (bicyclic) bond motifs is 1. The van der Waals surface area contributed by atoms with Gasteiger partial charge in [0.2, 0.25) is 5.91 Å². The Hall–Kier alpha value is -3.19. The summed E-state index contributed by atoms with van der Waals surface area (Å²) in [5.41, 5.74) is 1.67. The molecule has 0 fully saturated rings. The smallest absolute Gasteiger partial charge is 0.254 e. The first-order valence-corrected chi connectivity index (χ1v) is 12.9. The molecule has 0 bridgehead atoms. The summed E-state index contributed by atoms with van der Waals surface area (Å²) in [4.78, 5) is 31.6. The van der Waals surface area contributed by atoms with Gasteiger partial charge in [-0.25, -0.2) is 4.39 Å². The van der Waals surface area contributed by atoms with Crippen LogP contribution in [0.25, 0.3) is 0 Å². The molecule has 0 unspecified atom stereocenters. The minimum atomic E-state index is -0.323. The van der Waals surface area contributed by atoms with Gasteiger partial charge in [0, 0.05) is 23.5 Å². The van der Waals surface area contributed by atoms with Crippen molar-refractivity contribution in [3.8, 4) is 5.75 Å². The van der Waals surface area contributed by atoms with E-state index in [0.29, 0.717) is 30.3 Å². The molecular weight excluding hydrogens is 463 g/mol. The number of hydrogen-bond acceptors (Lipinski definition) is 4. The lowest BCUT2D eigenvalue weighted by atomic mass is 10.00. The number of rotatable bonds is 9. The first kappa shape index (κ1) is 24.9. The van der Waals surface area contributed by atoms with Gasteiger partial charge in [0.15, 0.2) is 0 Å². The summed E-state index contributed by atoms with van der Waals surface area (Å²) in [6.45, 7) is 5.59. The molecule has 0 N–H and O–H groups in total. The van der Waals surface area contributed by atoms with E-state index in [1.165, 1.54) is 17.0 Å². The quantitative estimate of drug-likeness (QED) is 0.390. The largest absolute Gasteiger partial charge is 0.491 e. The van der Waals surface area contributed by atoms with Crippen molar-refractivity contribution in [2.24, 2.45) is 5.92 Å². The molecular formula is C28H31FN2O3S. The van der Waals surface area contributed by atoms with Crippen LogP contribution in [0.1, 0.15) is 47.1 Å². The second kappa shape index (κ2) is 11.5. The standard InChI is InChI=1S/C28H31FN2O3S/c1-20(2)12-15-30(28(33)21-6-4-3-5-7-21)18-27(32)31-16-13-26-24(14-17-35-26)25(31)19-34-23-10-8-22(29)9-11-23/h3-11,14,17,20,25H,12-13,15-16,18-19H2,1-2H3/t25-/m1/s1. The Morgan fingerprint density at radius 2 is 1.86 bits per heavy atom. The van der Waals surface area contributed by atoms with E-state index in [0.717, 1.165) is 18.4 Å². The zero-order chi connectivity index (χ0) is 24.8. The highest BCUT2D eigenvalue weighted by atomic mass is 32.1. The van der Waals surface area contributed by atoms with Crippen molar-refractivity contribution in [2.75, 3.05) is 26.2 Å². The maximum Gasteiger partial charge on any atom is 0.254 e. The predicted octanol–water partition coefficient (Wildman–Crippen LogP) is 5.58. The summed E-state index contributed by atoms with van der Waals surface area (Å²) >= 11 is 1.69. The molecule has 0 saturated carbocycles. The van der Waals surface area contributed by atoms with Gasteiger partial charge in [-0.05, 0) is 72.2 Å². The fourth-order valence-corrected chi connectivity index (χ4v) is 5.19.